The minimum absolute atomic E-state index is 0.185. The summed E-state index contributed by atoms with van der Waals surface area (Å²) in [5.74, 6) is -0.277. The molecule has 1 fully saturated rings. The molecule has 1 aliphatic rings. The van der Waals surface area contributed by atoms with Gasteiger partial charge in [-0.25, -0.2) is 0 Å². The van der Waals surface area contributed by atoms with Gasteiger partial charge < -0.3 is 10.4 Å². The number of carboxylic acids is 1. The second-order valence-electron chi connectivity index (χ2n) is 3.69. The van der Waals surface area contributed by atoms with Crippen LogP contribution < -0.4 is 5.32 Å². The quantitative estimate of drug-likeness (QED) is 0.668. The number of carboxylic acid groups (broad SMARTS) is 1. The Kier molecular flexibility index (Phi) is 3.53. The van der Waals surface area contributed by atoms with E-state index in [2.05, 4.69) is 5.32 Å². The van der Waals surface area contributed by atoms with E-state index >= 15 is 0 Å². The van der Waals surface area contributed by atoms with Gasteiger partial charge in [-0.2, -0.15) is 0 Å². The Balaban J connectivity index is 2.24. The summed E-state index contributed by atoms with van der Waals surface area (Å²) >= 11 is 0. The number of piperidine rings is 1. The van der Waals surface area contributed by atoms with Crippen molar-refractivity contribution in [3.05, 3.63) is 0 Å². The zero-order valence-electron chi connectivity index (χ0n) is 7.55. The van der Waals surface area contributed by atoms with E-state index in [9.17, 15) is 4.79 Å². The predicted octanol–water partition coefficient (Wildman–Crippen LogP) is 1.10. The maximum atomic E-state index is 10.6. The zero-order chi connectivity index (χ0) is 8.97. The molecule has 2 N–H and O–H groups in total. The first-order valence-corrected chi connectivity index (χ1v) is 4.63. The Hall–Kier alpha value is -0.570. The molecule has 70 valence electrons. The molecule has 0 amide bonds. The first-order valence-electron chi connectivity index (χ1n) is 4.63. The van der Waals surface area contributed by atoms with Crippen LogP contribution in [0, 0.1) is 11.8 Å². The van der Waals surface area contributed by atoms with Crippen LogP contribution in [0.1, 0.15) is 26.2 Å². The molecule has 0 aliphatic carbocycles. The number of hydrogen-bond donors (Lipinski definition) is 2. The highest BCUT2D eigenvalue weighted by atomic mass is 16.4. The van der Waals surface area contributed by atoms with Crippen molar-refractivity contribution in [1.29, 1.82) is 0 Å². The van der Waals surface area contributed by atoms with E-state index in [1.807, 2.05) is 0 Å². The van der Waals surface area contributed by atoms with Crippen LogP contribution in [0.15, 0.2) is 0 Å². The van der Waals surface area contributed by atoms with Crippen molar-refractivity contribution in [2.45, 2.75) is 26.2 Å². The van der Waals surface area contributed by atoms with Gasteiger partial charge in [0.2, 0.25) is 0 Å². The maximum absolute atomic E-state index is 10.6. The smallest absolute Gasteiger partial charge is 0.306 e. The molecular weight excluding hydrogens is 154 g/mol. The highest BCUT2D eigenvalue weighted by molar-refractivity contribution is 5.69. The summed E-state index contributed by atoms with van der Waals surface area (Å²) in [6.45, 7) is 3.88. The van der Waals surface area contributed by atoms with E-state index in [1.165, 1.54) is 12.8 Å². The van der Waals surface area contributed by atoms with E-state index in [0.717, 1.165) is 19.5 Å². The summed E-state index contributed by atoms with van der Waals surface area (Å²) in [6, 6.07) is 0. The van der Waals surface area contributed by atoms with Gasteiger partial charge in [-0.3, -0.25) is 4.79 Å². The molecule has 0 bridgehead atoms. The lowest BCUT2D eigenvalue weighted by Gasteiger charge is -2.23. The highest BCUT2D eigenvalue weighted by Gasteiger charge is 2.19. The molecule has 3 nitrogen and oxygen atoms in total. The van der Waals surface area contributed by atoms with E-state index in [-0.39, 0.29) is 5.92 Å². The summed E-state index contributed by atoms with van der Waals surface area (Å²) in [5.41, 5.74) is 0. The minimum Gasteiger partial charge on any atom is -0.481 e. The van der Waals surface area contributed by atoms with Gasteiger partial charge >= 0.3 is 5.97 Å². The Morgan fingerprint density at radius 1 is 1.75 bits per heavy atom. The molecule has 1 heterocycles. The van der Waals surface area contributed by atoms with Crippen LogP contribution in [-0.2, 0) is 4.79 Å². The third kappa shape index (κ3) is 2.81. The van der Waals surface area contributed by atoms with E-state index < -0.39 is 5.97 Å². The molecule has 3 heteroatoms. The molecule has 0 radical (unpaired) electrons. The third-order valence-corrected chi connectivity index (χ3v) is 2.51. The number of nitrogens with one attached hydrogen (secondary N) is 1. The average molecular weight is 171 g/mol. The molecule has 1 aliphatic heterocycles. The fourth-order valence-corrected chi connectivity index (χ4v) is 1.73. The maximum Gasteiger partial charge on any atom is 0.306 e. The fourth-order valence-electron chi connectivity index (χ4n) is 1.73. The van der Waals surface area contributed by atoms with Gasteiger partial charge in [0.05, 0.1) is 5.92 Å². The second kappa shape index (κ2) is 4.45. The van der Waals surface area contributed by atoms with Gasteiger partial charge in [-0.15, -0.1) is 0 Å². The lowest BCUT2D eigenvalue weighted by atomic mass is 9.90. The van der Waals surface area contributed by atoms with Crippen LogP contribution in [0.4, 0.5) is 0 Å². The number of rotatable bonds is 3. The topological polar surface area (TPSA) is 49.3 Å². The van der Waals surface area contributed by atoms with Gasteiger partial charge in [-0.1, -0.05) is 6.92 Å². The molecule has 0 aromatic rings. The predicted molar refractivity (Wildman–Crippen MR) is 47.0 cm³/mol. The van der Waals surface area contributed by atoms with Crippen molar-refractivity contribution >= 4 is 5.97 Å². The fraction of sp³-hybridized carbons (Fsp3) is 0.889. The van der Waals surface area contributed by atoms with Crippen LogP contribution in [0.2, 0.25) is 0 Å². The summed E-state index contributed by atoms with van der Waals surface area (Å²) in [5, 5.41) is 12.0. The number of carbonyl (C=O) groups is 1. The molecule has 0 saturated carbocycles. The molecule has 0 spiro atoms. The summed E-state index contributed by atoms with van der Waals surface area (Å²) in [7, 11) is 0. The van der Waals surface area contributed by atoms with Crippen molar-refractivity contribution in [1.82, 2.24) is 5.32 Å². The van der Waals surface area contributed by atoms with E-state index in [1.54, 1.807) is 6.92 Å². The summed E-state index contributed by atoms with van der Waals surface area (Å²) < 4.78 is 0. The number of hydrogen-bond acceptors (Lipinski definition) is 2. The molecule has 0 aromatic heterocycles. The zero-order valence-corrected chi connectivity index (χ0v) is 7.55. The lowest BCUT2D eigenvalue weighted by molar-refractivity contribution is -0.141. The van der Waals surface area contributed by atoms with Crippen molar-refractivity contribution in [3.63, 3.8) is 0 Å². The minimum atomic E-state index is -0.666. The molecule has 2 atom stereocenters. The van der Waals surface area contributed by atoms with Crippen molar-refractivity contribution in [3.8, 4) is 0 Å². The number of aliphatic carboxylic acids is 1. The van der Waals surface area contributed by atoms with Gasteiger partial charge in [0.15, 0.2) is 0 Å². The van der Waals surface area contributed by atoms with E-state index in [4.69, 9.17) is 5.11 Å². The Morgan fingerprint density at radius 2 is 2.50 bits per heavy atom. The van der Waals surface area contributed by atoms with Crippen LogP contribution in [0.3, 0.4) is 0 Å². The van der Waals surface area contributed by atoms with Crippen LogP contribution in [0.5, 0.6) is 0 Å². The Labute approximate surface area is 73.2 Å². The standard InChI is InChI=1S/C9H17NO2/c1-7(9(11)12)5-8-3-2-4-10-6-8/h7-8,10H,2-6H2,1H3,(H,11,12)/t7-,8-/m0/s1. The normalized spacial score (nSPS) is 26.6. The Bertz CT molecular complexity index is 153. The van der Waals surface area contributed by atoms with Gasteiger partial charge in [-0.05, 0) is 38.3 Å². The largest absolute Gasteiger partial charge is 0.481 e. The lowest BCUT2D eigenvalue weighted by Crippen LogP contribution is -2.31. The van der Waals surface area contributed by atoms with Crippen molar-refractivity contribution < 1.29 is 9.90 Å². The molecule has 12 heavy (non-hydrogen) atoms. The first-order chi connectivity index (χ1) is 5.70. The van der Waals surface area contributed by atoms with Gasteiger partial charge in [0.1, 0.15) is 0 Å². The summed E-state index contributed by atoms with van der Waals surface area (Å²) in [4.78, 5) is 10.6. The monoisotopic (exact) mass is 171 g/mol. The molecular formula is C9H17NO2. The third-order valence-electron chi connectivity index (χ3n) is 2.51. The summed E-state index contributed by atoms with van der Waals surface area (Å²) in [6.07, 6.45) is 3.20. The molecule has 1 rings (SSSR count). The Morgan fingerprint density at radius 3 is 3.00 bits per heavy atom. The molecule has 1 saturated heterocycles. The van der Waals surface area contributed by atoms with Gasteiger partial charge in [0.25, 0.3) is 0 Å². The highest BCUT2D eigenvalue weighted by Crippen LogP contribution is 2.19. The van der Waals surface area contributed by atoms with Crippen LogP contribution in [-0.4, -0.2) is 24.2 Å². The second-order valence-corrected chi connectivity index (χ2v) is 3.69. The van der Waals surface area contributed by atoms with Crippen LogP contribution >= 0.6 is 0 Å². The van der Waals surface area contributed by atoms with Gasteiger partial charge in [0, 0.05) is 0 Å². The van der Waals surface area contributed by atoms with Crippen LogP contribution in [0.25, 0.3) is 0 Å². The molecule has 0 aromatic carbocycles. The SMILES string of the molecule is C[C@@H](C[C@@H]1CCCNC1)C(=O)O. The average Bonchev–Trinajstić information content (AvgIpc) is 2.06. The first kappa shape index (κ1) is 9.52. The van der Waals surface area contributed by atoms with Crippen molar-refractivity contribution in [2.24, 2.45) is 11.8 Å². The molecule has 0 unspecified atom stereocenters. The van der Waals surface area contributed by atoms with E-state index in [0.29, 0.717) is 5.92 Å². The van der Waals surface area contributed by atoms with Crippen molar-refractivity contribution in [2.75, 3.05) is 13.1 Å².